The zero-order chi connectivity index (χ0) is 23.8. The number of nitrogens with one attached hydrogen (secondary N) is 1. The molecule has 1 heterocycles. The van der Waals surface area contributed by atoms with Crippen molar-refractivity contribution in [1.29, 1.82) is 0 Å². The number of nitrogens with zero attached hydrogens (tertiary/aromatic N) is 3. The number of hydrogen-bond acceptors (Lipinski definition) is 9. The third kappa shape index (κ3) is 6.58. The monoisotopic (exact) mass is 496 g/mol. The number of anilines is 1. The minimum atomic E-state index is -3.76. The van der Waals surface area contributed by atoms with Crippen LogP contribution in [0.3, 0.4) is 0 Å². The number of ether oxygens (including phenoxy) is 1. The lowest BCUT2D eigenvalue weighted by Gasteiger charge is -2.16. The number of benzene rings is 1. The molecule has 0 unspecified atom stereocenters. The number of aliphatic hydroxyl groups excluding tert-OH is 1. The van der Waals surface area contributed by atoms with E-state index < -0.39 is 15.9 Å². The summed E-state index contributed by atoms with van der Waals surface area (Å²) in [5, 5.41) is 16.3. The fourth-order valence-corrected chi connectivity index (χ4v) is 5.24. The Bertz CT molecular complexity index is 1060. The molecule has 1 aromatic carbocycles. The SMILES string of the molecule is COCc1cnc(NC(=O)C(=NOC2CCCC2)c2ccc(S(=O)(=O)N(C)CCO)cc2)s1. The molecule has 1 amide bonds. The van der Waals surface area contributed by atoms with Crippen LogP contribution in [0.5, 0.6) is 0 Å². The Labute approximate surface area is 197 Å². The maximum Gasteiger partial charge on any atom is 0.280 e. The minimum Gasteiger partial charge on any atom is -0.395 e. The molecule has 180 valence electrons. The summed E-state index contributed by atoms with van der Waals surface area (Å²) >= 11 is 1.29. The van der Waals surface area contributed by atoms with Gasteiger partial charge in [-0.1, -0.05) is 28.6 Å². The van der Waals surface area contributed by atoms with Gasteiger partial charge in [-0.15, -0.1) is 0 Å². The van der Waals surface area contributed by atoms with Crippen molar-refractivity contribution in [3.63, 3.8) is 0 Å². The van der Waals surface area contributed by atoms with Gasteiger partial charge in [-0.2, -0.15) is 4.31 Å². The van der Waals surface area contributed by atoms with Gasteiger partial charge in [0.05, 0.1) is 23.0 Å². The Hall–Kier alpha value is -2.38. The first-order valence-corrected chi connectivity index (χ1v) is 12.8. The zero-order valence-electron chi connectivity index (χ0n) is 18.6. The van der Waals surface area contributed by atoms with E-state index in [9.17, 15) is 13.2 Å². The van der Waals surface area contributed by atoms with E-state index in [1.54, 1.807) is 13.3 Å². The number of rotatable bonds is 11. The number of aromatic nitrogens is 1. The number of hydrogen-bond donors (Lipinski definition) is 2. The van der Waals surface area contributed by atoms with Crippen molar-refractivity contribution < 1.29 is 27.9 Å². The average molecular weight is 497 g/mol. The number of aliphatic hydroxyl groups is 1. The minimum absolute atomic E-state index is 0.0205. The van der Waals surface area contributed by atoms with Crippen molar-refractivity contribution in [2.45, 2.75) is 43.3 Å². The Morgan fingerprint density at radius 3 is 2.64 bits per heavy atom. The van der Waals surface area contributed by atoms with Gasteiger partial charge in [0.1, 0.15) is 6.10 Å². The first kappa shape index (κ1) is 25.2. The second-order valence-electron chi connectivity index (χ2n) is 7.55. The second kappa shape index (κ2) is 11.7. The third-order valence-corrected chi connectivity index (χ3v) is 7.88. The highest BCUT2D eigenvalue weighted by atomic mass is 32.2. The normalized spacial score (nSPS) is 15.2. The van der Waals surface area contributed by atoms with Gasteiger partial charge in [0.2, 0.25) is 10.0 Å². The summed E-state index contributed by atoms with van der Waals surface area (Å²) in [7, 11) is -0.791. The van der Waals surface area contributed by atoms with Crippen molar-refractivity contribution in [2.24, 2.45) is 5.16 Å². The van der Waals surface area contributed by atoms with E-state index in [0.717, 1.165) is 34.9 Å². The van der Waals surface area contributed by atoms with Crippen LogP contribution in [-0.4, -0.2) is 67.8 Å². The predicted molar refractivity (Wildman–Crippen MR) is 125 cm³/mol. The number of oxime groups is 1. The van der Waals surface area contributed by atoms with E-state index in [4.69, 9.17) is 14.7 Å². The van der Waals surface area contributed by atoms with Crippen LogP contribution in [0.15, 0.2) is 40.5 Å². The second-order valence-corrected chi connectivity index (χ2v) is 10.7. The van der Waals surface area contributed by atoms with Gasteiger partial charge < -0.3 is 14.7 Å². The fraction of sp³-hybridized carbons (Fsp3) is 0.476. The molecule has 2 aromatic rings. The summed E-state index contributed by atoms with van der Waals surface area (Å²) in [6.07, 6.45) is 5.43. The van der Waals surface area contributed by atoms with E-state index in [0.29, 0.717) is 17.3 Å². The number of amides is 1. The van der Waals surface area contributed by atoms with E-state index >= 15 is 0 Å². The van der Waals surface area contributed by atoms with Gasteiger partial charge >= 0.3 is 0 Å². The standard InChI is InChI=1S/C21H28N4O6S2/c1-25(11-12-26)33(28,29)18-9-7-15(8-10-18)19(24-31-16-5-3-4-6-16)20(27)23-21-22-13-17(32-21)14-30-2/h7-10,13,16,26H,3-6,11-12,14H2,1-2H3,(H,22,23,27). The van der Waals surface area contributed by atoms with Crippen molar-refractivity contribution in [3.05, 3.63) is 40.9 Å². The lowest BCUT2D eigenvalue weighted by atomic mass is 10.1. The quantitative estimate of drug-likeness (QED) is 0.360. The number of carbonyl (C=O) groups is 1. The number of carbonyl (C=O) groups excluding carboxylic acids is 1. The van der Waals surface area contributed by atoms with Crippen molar-refractivity contribution in [2.75, 3.05) is 32.6 Å². The number of methoxy groups -OCH3 is 1. The van der Waals surface area contributed by atoms with Crippen LogP contribution in [0.25, 0.3) is 0 Å². The molecule has 1 aliphatic carbocycles. The van der Waals surface area contributed by atoms with E-state index in [2.05, 4.69) is 15.5 Å². The molecule has 12 heteroatoms. The Morgan fingerprint density at radius 2 is 2.00 bits per heavy atom. The van der Waals surface area contributed by atoms with Crippen LogP contribution in [0.2, 0.25) is 0 Å². The summed E-state index contributed by atoms with van der Waals surface area (Å²) < 4.78 is 31.3. The van der Waals surface area contributed by atoms with Crippen LogP contribution in [0, 0.1) is 0 Å². The molecule has 33 heavy (non-hydrogen) atoms. The maximum absolute atomic E-state index is 13.0. The van der Waals surface area contributed by atoms with Crippen LogP contribution in [0.1, 0.15) is 36.1 Å². The summed E-state index contributed by atoms with van der Waals surface area (Å²) in [6.45, 7) is 0.0827. The van der Waals surface area contributed by atoms with Gasteiger partial charge in [-0.25, -0.2) is 13.4 Å². The van der Waals surface area contributed by atoms with E-state index in [1.807, 2.05) is 0 Å². The summed E-state index contributed by atoms with van der Waals surface area (Å²) in [4.78, 5) is 23.7. The zero-order valence-corrected chi connectivity index (χ0v) is 20.2. The van der Waals surface area contributed by atoms with Gasteiger partial charge in [0, 0.05) is 32.5 Å². The molecular formula is C21H28N4O6S2. The Morgan fingerprint density at radius 1 is 1.30 bits per heavy atom. The first-order chi connectivity index (χ1) is 15.8. The molecule has 1 aromatic heterocycles. The molecule has 0 saturated heterocycles. The van der Waals surface area contributed by atoms with Crippen LogP contribution in [-0.2, 0) is 31.0 Å². The molecule has 10 nitrogen and oxygen atoms in total. The highest BCUT2D eigenvalue weighted by Crippen LogP contribution is 2.23. The number of likely N-dealkylation sites (N-methyl/N-ethyl adjacent to an activating group) is 1. The summed E-state index contributed by atoms with van der Waals surface area (Å²) in [5.41, 5.74) is 0.431. The fourth-order valence-electron chi connectivity index (χ4n) is 3.30. The summed E-state index contributed by atoms with van der Waals surface area (Å²) in [6, 6.07) is 5.82. The lowest BCUT2D eigenvalue weighted by Crippen LogP contribution is -2.29. The summed E-state index contributed by atoms with van der Waals surface area (Å²) in [5.74, 6) is -0.515. The van der Waals surface area contributed by atoms with Crippen LogP contribution >= 0.6 is 11.3 Å². The van der Waals surface area contributed by atoms with Gasteiger partial charge in [0.15, 0.2) is 10.8 Å². The van der Waals surface area contributed by atoms with E-state index in [-0.39, 0.29) is 29.9 Å². The molecular weight excluding hydrogens is 468 g/mol. The topological polar surface area (TPSA) is 130 Å². The van der Waals surface area contributed by atoms with Gasteiger partial charge in [0.25, 0.3) is 5.91 Å². The van der Waals surface area contributed by atoms with Crippen molar-refractivity contribution >= 4 is 38.1 Å². The highest BCUT2D eigenvalue weighted by molar-refractivity contribution is 7.89. The Balaban J connectivity index is 1.83. The first-order valence-electron chi connectivity index (χ1n) is 10.5. The number of thiazole rings is 1. The molecule has 0 atom stereocenters. The molecule has 1 fully saturated rings. The largest absolute Gasteiger partial charge is 0.395 e. The Kier molecular flexibility index (Phi) is 8.92. The van der Waals surface area contributed by atoms with Crippen LogP contribution in [0.4, 0.5) is 5.13 Å². The predicted octanol–water partition coefficient (Wildman–Crippen LogP) is 2.20. The molecule has 0 aliphatic heterocycles. The molecule has 0 radical (unpaired) electrons. The van der Waals surface area contributed by atoms with E-state index in [1.165, 1.54) is 42.6 Å². The molecule has 3 rings (SSSR count). The lowest BCUT2D eigenvalue weighted by molar-refractivity contribution is -0.110. The number of sulfonamides is 1. The smallest absolute Gasteiger partial charge is 0.280 e. The van der Waals surface area contributed by atoms with Crippen LogP contribution < -0.4 is 5.32 Å². The molecule has 1 saturated carbocycles. The maximum atomic E-state index is 13.0. The van der Waals surface area contributed by atoms with Gasteiger partial charge in [-0.3, -0.25) is 10.1 Å². The third-order valence-electron chi connectivity index (χ3n) is 5.12. The van der Waals surface area contributed by atoms with Gasteiger partial charge in [-0.05, 0) is 37.8 Å². The molecule has 0 bridgehead atoms. The van der Waals surface area contributed by atoms with Crippen molar-refractivity contribution in [3.8, 4) is 0 Å². The molecule has 1 aliphatic rings. The van der Waals surface area contributed by atoms with Crippen molar-refractivity contribution in [1.82, 2.24) is 9.29 Å². The molecule has 0 spiro atoms. The highest BCUT2D eigenvalue weighted by Gasteiger charge is 2.23. The average Bonchev–Trinajstić information content (AvgIpc) is 3.47. The molecule has 2 N–H and O–H groups in total.